The molecule has 0 atom stereocenters. The lowest BCUT2D eigenvalue weighted by Crippen LogP contribution is -1.96. The first-order chi connectivity index (χ1) is 5.79. The molecule has 0 aliphatic heterocycles. The van der Waals surface area contributed by atoms with Crippen LogP contribution < -0.4 is 0 Å². The summed E-state index contributed by atoms with van der Waals surface area (Å²) in [7, 11) is 0. The van der Waals surface area contributed by atoms with Gasteiger partial charge in [0.15, 0.2) is 0 Å². The summed E-state index contributed by atoms with van der Waals surface area (Å²) in [6.45, 7) is -0.398. The Morgan fingerprint density at radius 3 is 2.92 bits per heavy atom. The van der Waals surface area contributed by atoms with Crippen LogP contribution >= 0.6 is 0 Å². The Balaban J connectivity index is 2.34. The predicted octanol–water partition coefficient (Wildman–Crippen LogP) is 2.60. The van der Waals surface area contributed by atoms with E-state index in [0.717, 1.165) is 18.4 Å². The van der Waals surface area contributed by atoms with Gasteiger partial charge in [0, 0.05) is 6.21 Å². The van der Waals surface area contributed by atoms with Crippen molar-refractivity contribution in [1.82, 2.24) is 0 Å². The van der Waals surface area contributed by atoms with Crippen LogP contribution in [0.4, 0.5) is 8.78 Å². The van der Waals surface area contributed by atoms with Crippen molar-refractivity contribution in [3.05, 3.63) is 23.8 Å². The Morgan fingerprint density at radius 2 is 2.33 bits per heavy atom. The van der Waals surface area contributed by atoms with Crippen LogP contribution in [0.3, 0.4) is 0 Å². The number of rotatable bonds is 3. The van der Waals surface area contributed by atoms with Crippen LogP contribution in [0.1, 0.15) is 12.8 Å². The largest absolute Gasteiger partial charge is 0.287 e. The molecule has 1 nitrogen and oxygen atoms in total. The van der Waals surface area contributed by atoms with Crippen LogP contribution in [0, 0.1) is 0 Å². The minimum atomic E-state index is -2.34. The Morgan fingerprint density at radius 1 is 1.50 bits per heavy atom. The number of hydrogen-bond donors (Lipinski definition) is 0. The van der Waals surface area contributed by atoms with Crippen LogP contribution in [0.2, 0.25) is 0 Å². The van der Waals surface area contributed by atoms with E-state index in [9.17, 15) is 8.78 Å². The second kappa shape index (κ2) is 4.80. The maximum absolute atomic E-state index is 11.6. The van der Waals surface area contributed by atoms with E-state index in [1.807, 2.05) is 18.2 Å². The molecule has 0 radical (unpaired) electrons. The molecular weight excluding hydrogens is 160 g/mol. The summed E-state index contributed by atoms with van der Waals surface area (Å²) < 4.78 is 23.3. The highest BCUT2D eigenvalue weighted by molar-refractivity contribution is 5.82. The summed E-state index contributed by atoms with van der Waals surface area (Å²) in [6, 6.07) is 0. The molecular formula is C9H11F2N. The predicted molar refractivity (Wildman–Crippen MR) is 45.8 cm³/mol. The molecule has 0 aromatic rings. The Hall–Kier alpha value is -0.990. The lowest BCUT2D eigenvalue weighted by atomic mass is 10.1. The minimum absolute atomic E-state index is 0.398. The molecule has 1 aliphatic rings. The first-order valence-corrected chi connectivity index (χ1v) is 3.93. The lowest BCUT2D eigenvalue weighted by molar-refractivity contribution is 0.159. The first-order valence-electron chi connectivity index (χ1n) is 3.93. The van der Waals surface area contributed by atoms with Gasteiger partial charge in [0.25, 0.3) is 6.43 Å². The van der Waals surface area contributed by atoms with Crippen LogP contribution in [0.15, 0.2) is 28.8 Å². The molecule has 12 heavy (non-hydrogen) atoms. The average Bonchev–Trinajstić information content (AvgIpc) is 2.05. The molecule has 0 bridgehead atoms. The third-order valence-corrected chi connectivity index (χ3v) is 1.51. The van der Waals surface area contributed by atoms with Crippen molar-refractivity contribution in [2.75, 3.05) is 6.54 Å². The van der Waals surface area contributed by atoms with Gasteiger partial charge in [0.05, 0.1) is 6.54 Å². The molecule has 0 aromatic heterocycles. The Labute approximate surface area is 70.5 Å². The Bertz CT molecular complexity index is 217. The van der Waals surface area contributed by atoms with Gasteiger partial charge in [-0.25, -0.2) is 8.78 Å². The number of aliphatic imine (C=N–C) groups is 1. The van der Waals surface area contributed by atoms with Gasteiger partial charge in [-0.3, -0.25) is 4.99 Å². The lowest BCUT2D eigenvalue weighted by Gasteiger charge is -1.99. The third-order valence-electron chi connectivity index (χ3n) is 1.51. The van der Waals surface area contributed by atoms with Crippen molar-refractivity contribution in [3.63, 3.8) is 0 Å². The maximum Gasteiger partial charge on any atom is 0.257 e. The van der Waals surface area contributed by atoms with E-state index in [0.29, 0.717) is 0 Å². The van der Waals surface area contributed by atoms with Gasteiger partial charge in [0.2, 0.25) is 0 Å². The summed E-state index contributed by atoms with van der Waals surface area (Å²) in [5.74, 6) is 0. The topological polar surface area (TPSA) is 12.4 Å². The van der Waals surface area contributed by atoms with Crippen LogP contribution in [0.5, 0.6) is 0 Å². The average molecular weight is 171 g/mol. The number of alkyl halides is 2. The molecule has 0 fully saturated rings. The zero-order chi connectivity index (χ0) is 8.81. The van der Waals surface area contributed by atoms with Gasteiger partial charge in [-0.1, -0.05) is 18.2 Å². The second-order valence-electron chi connectivity index (χ2n) is 2.57. The monoisotopic (exact) mass is 171 g/mol. The van der Waals surface area contributed by atoms with Crippen molar-refractivity contribution in [3.8, 4) is 0 Å². The van der Waals surface area contributed by atoms with Gasteiger partial charge in [-0.2, -0.15) is 0 Å². The van der Waals surface area contributed by atoms with E-state index in [1.54, 1.807) is 0 Å². The molecule has 0 unspecified atom stereocenters. The highest BCUT2D eigenvalue weighted by Gasteiger charge is 1.98. The standard InChI is InChI=1S/C9H11F2N/c10-9(11)7-12-6-8-4-2-1-3-5-8/h2,4-6,9H,1,3,7H2. The van der Waals surface area contributed by atoms with Gasteiger partial charge < -0.3 is 0 Å². The molecule has 1 aliphatic carbocycles. The zero-order valence-corrected chi connectivity index (χ0v) is 6.71. The van der Waals surface area contributed by atoms with Gasteiger partial charge in [-0.05, 0) is 18.4 Å². The molecule has 1 rings (SSSR count). The fraction of sp³-hybridized carbons (Fsp3) is 0.444. The second-order valence-corrected chi connectivity index (χ2v) is 2.57. The molecule has 0 amide bonds. The van der Waals surface area contributed by atoms with Crippen molar-refractivity contribution >= 4 is 6.21 Å². The molecule has 0 saturated carbocycles. The van der Waals surface area contributed by atoms with E-state index in [2.05, 4.69) is 4.99 Å². The number of allylic oxidation sites excluding steroid dienone is 4. The summed E-state index contributed by atoms with van der Waals surface area (Å²) in [6.07, 6.45) is 7.09. The van der Waals surface area contributed by atoms with E-state index < -0.39 is 13.0 Å². The van der Waals surface area contributed by atoms with E-state index >= 15 is 0 Å². The van der Waals surface area contributed by atoms with Crippen molar-refractivity contribution < 1.29 is 8.78 Å². The number of halogens is 2. The van der Waals surface area contributed by atoms with Crippen molar-refractivity contribution in [1.29, 1.82) is 0 Å². The van der Waals surface area contributed by atoms with Gasteiger partial charge in [-0.15, -0.1) is 0 Å². The maximum atomic E-state index is 11.6. The van der Waals surface area contributed by atoms with E-state index in [4.69, 9.17) is 0 Å². The fourth-order valence-electron chi connectivity index (χ4n) is 0.967. The molecule has 66 valence electrons. The fourth-order valence-corrected chi connectivity index (χ4v) is 0.967. The zero-order valence-electron chi connectivity index (χ0n) is 6.71. The first kappa shape index (κ1) is 9.10. The minimum Gasteiger partial charge on any atom is -0.287 e. The Kier molecular flexibility index (Phi) is 3.64. The molecule has 0 N–H and O–H groups in total. The summed E-state index contributed by atoms with van der Waals surface area (Å²) in [5, 5.41) is 0. The highest BCUT2D eigenvalue weighted by atomic mass is 19.3. The molecule has 0 saturated heterocycles. The van der Waals surface area contributed by atoms with Crippen LogP contribution in [0.25, 0.3) is 0 Å². The number of hydrogen-bond acceptors (Lipinski definition) is 1. The summed E-state index contributed by atoms with van der Waals surface area (Å²) in [4.78, 5) is 3.60. The molecule has 0 spiro atoms. The van der Waals surface area contributed by atoms with Crippen molar-refractivity contribution in [2.24, 2.45) is 4.99 Å². The molecule has 0 aromatic carbocycles. The highest BCUT2D eigenvalue weighted by Crippen LogP contribution is 2.07. The van der Waals surface area contributed by atoms with Crippen LogP contribution in [-0.4, -0.2) is 19.2 Å². The summed E-state index contributed by atoms with van der Waals surface area (Å²) >= 11 is 0. The van der Waals surface area contributed by atoms with E-state index in [-0.39, 0.29) is 0 Å². The summed E-state index contributed by atoms with van der Waals surface area (Å²) in [5.41, 5.74) is 0.932. The SMILES string of the molecule is FC(F)CN=CC1=CCCC=C1. The van der Waals surface area contributed by atoms with Gasteiger partial charge >= 0.3 is 0 Å². The molecule has 0 heterocycles. The van der Waals surface area contributed by atoms with E-state index in [1.165, 1.54) is 6.21 Å². The third kappa shape index (κ3) is 3.42. The molecule has 3 heteroatoms. The van der Waals surface area contributed by atoms with Gasteiger partial charge in [0.1, 0.15) is 0 Å². The normalized spacial score (nSPS) is 17.4. The van der Waals surface area contributed by atoms with Crippen molar-refractivity contribution in [2.45, 2.75) is 19.3 Å². The van der Waals surface area contributed by atoms with Crippen LogP contribution in [-0.2, 0) is 0 Å². The quantitative estimate of drug-likeness (QED) is 0.579. The number of nitrogens with zero attached hydrogens (tertiary/aromatic N) is 1. The smallest absolute Gasteiger partial charge is 0.257 e.